The van der Waals surface area contributed by atoms with Crippen LogP contribution in [0.25, 0.3) is 0 Å². The van der Waals surface area contributed by atoms with Crippen LogP contribution in [0.4, 0.5) is 0 Å². The van der Waals surface area contributed by atoms with Crippen molar-refractivity contribution in [2.45, 2.75) is 64.3 Å². The molecule has 2 aliphatic carbocycles. The van der Waals surface area contributed by atoms with Crippen LogP contribution in [0.1, 0.15) is 58.3 Å². The molecule has 19 heavy (non-hydrogen) atoms. The zero-order chi connectivity index (χ0) is 13.1. The van der Waals surface area contributed by atoms with Crippen molar-refractivity contribution in [3.8, 4) is 0 Å². The number of nitrogens with zero attached hydrogens (tertiary/aromatic N) is 1. The molecule has 0 aromatic carbocycles. The smallest absolute Gasteiger partial charge is 0.0166 e. The van der Waals surface area contributed by atoms with Crippen molar-refractivity contribution in [1.29, 1.82) is 0 Å². The van der Waals surface area contributed by atoms with Crippen molar-refractivity contribution in [3.05, 3.63) is 0 Å². The maximum atomic E-state index is 3.77. The van der Waals surface area contributed by atoms with E-state index in [1.165, 1.54) is 51.9 Å². The van der Waals surface area contributed by atoms with Crippen LogP contribution in [-0.4, -0.2) is 37.1 Å². The zero-order valence-electron chi connectivity index (χ0n) is 12.7. The van der Waals surface area contributed by atoms with Crippen molar-refractivity contribution >= 4 is 0 Å². The van der Waals surface area contributed by atoms with Gasteiger partial charge in [0.15, 0.2) is 0 Å². The van der Waals surface area contributed by atoms with Crippen LogP contribution in [0.2, 0.25) is 0 Å². The van der Waals surface area contributed by atoms with Crippen LogP contribution in [-0.2, 0) is 0 Å². The molecule has 1 heterocycles. The van der Waals surface area contributed by atoms with Gasteiger partial charge in [0.2, 0.25) is 0 Å². The van der Waals surface area contributed by atoms with Crippen molar-refractivity contribution < 1.29 is 0 Å². The molecule has 1 saturated heterocycles. The summed E-state index contributed by atoms with van der Waals surface area (Å²) >= 11 is 0. The van der Waals surface area contributed by atoms with Gasteiger partial charge in [-0.3, -0.25) is 0 Å². The lowest BCUT2D eigenvalue weighted by Gasteiger charge is -2.30. The Morgan fingerprint density at radius 3 is 2.63 bits per heavy atom. The Labute approximate surface area is 119 Å². The highest BCUT2D eigenvalue weighted by Crippen LogP contribution is 2.49. The first-order valence-corrected chi connectivity index (χ1v) is 8.77. The fraction of sp³-hybridized carbons (Fsp3) is 1.00. The molecule has 3 rings (SSSR count). The highest BCUT2D eigenvalue weighted by molar-refractivity contribution is 4.90. The van der Waals surface area contributed by atoms with Crippen LogP contribution in [0, 0.1) is 17.8 Å². The van der Waals surface area contributed by atoms with E-state index in [1.54, 1.807) is 25.7 Å². The summed E-state index contributed by atoms with van der Waals surface area (Å²) < 4.78 is 0. The topological polar surface area (TPSA) is 15.3 Å². The summed E-state index contributed by atoms with van der Waals surface area (Å²) in [6.07, 6.45) is 11.9. The average molecular weight is 264 g/mol. The molecule has 4 atom stereocenters. The molecule has 2 bridgehead atoms. The van der Waals surface area contributed by atoms with Gasteiger partial charge in [-0.2, -0.15) is 0 Å². The number of rotatable bonds is 6. The largest absolute Gasteiger partial charge is 0.313 e. The summed E-state index contributed by atoms with van der Waals surface area (Å²) in [7, 11) is 0. The van der Waals surface area contributed by atoms with E-state index in [9.17, 15) is 0 Å². The van der Waals surface area contributed by atoms with Gasteiger partial charge in [0.05, 0.1) is 0 Å². The zero-order valence-corrected chi connectivity index (χ0v) is 12.7. The molecule has 4 unspecified atom stereocenters. The highest BCUT2D eigenvalue weighted by atomic mass is 15.1. The van der Waals surface area contributed by atoms with E-state index in [2.05, 4.69) is 17.1 Å². The summed E-state index contributed by atoms with van der Waals surface area (Å²) in [6, 6.07) is 0.677. The van der Waals surface area contributed by atoms with Gasteiger partial charge in [0, 0.05) is 12.6 Å². The lowest BCUT2D eigenvalue weighted by atomic mass is 9.86. The molecule has 2 saturated carbocycles. The summed E-state index contributed by atoms with van der Waals surface area (Å²) in [5.41, 5.74) is 0. The first-order valence-electron chi connectivity index (χ1n) is 8.77. The van der Waals surface area contributed by atoms with Crippen LogP contribution in [0.15, 0.2) is 0 Å². The highest BCUT2D eigenvalue weighted by Gasteiger charge is 2.38. The Morgan fingerprint density at radius 1 is 1.11 bits per heavy atom. The Hall–Kier alpha value is -0.0800. The lowest BCUT2D eigenvalue weighted by Crippen LogP contribution is -2.42. The number of hydrogen-bond donors (Lipinski definition) is 1. The first kappa shape index (κ1) is 13.9. The molecule has 2 nitrogen and oxygen atoms in total. The monoisotopic (exact) mass is 264 g/mol. The normalized spacial score (nSPS) is 36.8. The van der Waals surface area contributed by atoms with Crippen molar-refractivity contribution in [2.75, 3.05) is 26.2 Å². The predicted molar refractivity (Wildman–Crippen MR) is 81.3 cm³/mol. The molecule has 3 fully saturated rings. The maximum Gasteiger partial charge on any atom is 0.0166 e. The Morgan fingerprint density at radius 2 is 1.95 bits per heavy atom. The summed E-state index contributed by atoms with van der Waals surface area (Å²) in [5.74, 6) is 3.28. The van der Waals surface area contributed by atoms with Gasteiger partial charge in [0.25, 0.3) is 0 Å². The van der Waals surface area contributed by atoms with Crippen molar-refractivity contribution in [1.82, 2.24) is 10.2 Å². The van der Waals surface area contributed by atoms with Gasteiger partial charge >= 0.3 is 0 Å². The number of nitrogens with one attached hydrogen (secondary N) is 1. The molecule has 1 N–H and O–H groups in total. The minimum Gasteiger partial charge on any atom is -0.313 e. The molecular formula is C17H32N2. The second-order valence-electron chi connectivity index (χ2n) is 7.44. The summed E-state index contributed by atoms with van der Waals surface area (Å²) in [4.78, 5) is 2.65. The standard InChI is InChI=1S/C17H32N2/c1-14(13-19-9-3-2-4-10-19)18-8-7-17-12-15-5-6-16(17)11-15/h14-18H,2-13H2,1H3. The average Bonchev–Trinajstić information content (AvgIpc) is 3.02. The molecule has 0 spiro atoms. The third kappa shape index (κ3) is 3.72. The van der Waals surface area contributed by atoms with Gasteiger partial charge in [-0.1, -0.05) is 12.8 Å². The molecular weight excluding hydrogens is 232 g/mol. The van der Waals surface area contributed by atoms with Crippen LogP contribution < -0.4 is 5.32 Å². The van der Waals surface area contributed by atoms with Gasteiger partial charge in [-0.15, -0.1) is 0 Å². The summed E-state index contributed by atoms with van der Waals surface area (Å²) in [6.45, 7) is 7.55. The fourth-order valence-electron chi connectivity index (χ4n) is 4.84. The van der Waals surface area contributed by atoms with Gasteiger partial charge in [-0.05, 0) is 82.8 Å². The third-order valence-corrected chi connectivity index (χ3v) is 5.87. The van der Waals surface area contributed by atoms with Gasteiger partial charge in [-0.25, -0.2) is 0 Å². The minimum absolute atomic E-state index is 0.677. The summed E-state index contributed by atoms with van der Waals surface area (Å²) in [5, 5.41) is 3.77. The van der Waals surface area contributed by atoms with Crippen LogP contribution in [0.5, 0.6) is 0 Å². The van der Waals surface area contributed by atoms with Crippen LogP contribution >= 0.6 is 0 Å². The predicted octanol–water partition coefficient (Wildman–Crippen LogP) is 3.28. The van der Waals surface area contributed by atoms with E-state index >= 15 is 0 Å². The minimum atomic E-state index is 0.677. The van der Waals surface area contributed by atoms with Crippen LogP contribution in [0.3, 0.4) is 0 Å². The number of hydrogen-bond acceptors (Lipinski definition) is 2. The van der Waals surface area contributed by atoms with E-state index in [4.69, 9.17) is 0 Å². The Kier molecular flexibility index (Phi) is 4.81. The second-order valence-corrected chi connectivity index (χ2v) is 7.44. The third-order valence-electron chi connectivity index (χ3n) is 5.87. The number of fused-ring (bicyclic) bond motifs is 2. The van der Waals surface area contributed by atoms with E-state index in [0.29, 0.717) is 6.04 Å². The number of likely N-dealkylation sites (tertiary alicyclic amines) is 1. The molecule has 110 valence electrons. The SMILES string of the molecule is CC(CN1CCCCC1)NCCC1CC2CCC1C2. The van der Waals surface area contributed by atoms with Crippen molar-refractivity contribution in [3.63, 3.8) is 0 Å². The maximum absolute atomic E-state index is 3.77. The molecule has 1 aliphatic heterocycles. The van der Waals surface area contributed by atoms with Gasteiger partial charge in [0.1, 0.15) is 0 Å². The fourth-order valence-corrected chi connectivity index (χ4v) is 4.84. The molecule has 2 heteroatoms. The molecule has 0 aromatic rings. The van der Waals surface area contributed by atoms with Gasteiger partial charge < -0.3 is 10.2 Å². The van der Waals surface area contributed by atoms with E-state index in [0.717, 1.165) is 17.8 Å². The quantitative estimate of drug-likeness (QED) is 0.792. The molecule has 0 aromatic heterocycles. The van der Waals surface area contributed by atoms with Crippen molar-refractivity contribution in [2.24, 2.45) is 17.8 Å². The van der Waals surface area contributed by atoms with E-state index < -0.39 is 0 Å². The van der Waals surface area contributed by atoms with E-state index in [1.807, 2.05) is 0 Å². The second kappa shape index (κ2) is 6.58. The molecule has 0 radical (unpaired) electrons. The Balaban J connectivity index is 1.29. The number of piperidine rings is 1. The van der Waals surface area contributed by atoms with E-state index in [-0.39, 0.29) is 0 Å². The Bertz CT molecular complexity index is 272. The first-order chi connectivity index (χ1) is 9.31. The lowest BCUT2D eigenvalue weighted by molar-refractivity contribution is 0.207. The molecule has 3 aliphatic rings. The molecule has 0 amide bonds.